The predicted octanol–water partition coefficient (Wildman–Crippen LogP) is 2.23. The molecule has 1 saturated carbocycles. The van der Waals surface area contributed by atoms with Crippen LogP contribution in [0.5, 0.6) is 5.75 Å². The van der Waals surface area contributed by atoms with Crippen LogP contribution in [0.3, 0.4) is 0 Å². The van der Waals surface area contributed by atoms with Gasteiger partial charge in [0.15, 0.2) is 0 Å². The van der Waals surface area contributed by atoms with Crippen molar-refractivity contribution in [3.8, 4) is 5.75 Å². The van der Waals surface area contributed by atoms with Gasteiger partial charge in [-0.25, -0.2) is 0 Å². The van der Waals surface area contributed by atoms with Gasteiger partial charge in [0.2, 0.25) is 0 Å². The third-order valence-corrected chi connectivity index (χ3v) is 2.83. The molecule has 0 bridgehead atoms. The van der Waals surface area contributed by atoms with Crippen LogP contribution in [0.25, 0.3) is 0 Å². The molecule has 1 aliphatic carbocycles. The lowest BCUT2D eigenvalue weighted by Gasteiger charge is -2.15. The van der Waals surface area contributed by atoms with Crippen LogP contribution in [0.2, 0.25) is 0 Å². The van der Waals surface area contributed by atoms with Crippen molar-refractivity contribution in [2.75, 3.05) is 6.61 Å². The summed E-state index contributed by atoms with van der Waals surface area (Å²) in [5.74, 6) is 1.22. The van der Waals surface area contributed by atoms with E-state index in [0.717, 1.165) is 25.0 Å². The van der Waals surface area contributed by atoms with Gasteiger partial charge in [-0.3, -0.25) is 0 Å². The first-order valence-corrected chi connectivity index (χ1v) is 5.22. The van der Waals surface area contributed by atoms with Crippen molar-refractivity contribution in [1.29, 1.82) is 0 Å². The average molecular weight is 192 g/mol. The Kier molecular flexibility index (Phi) is 3.04. The zero-order valence-electron chi connectivity index (χ0n) is 8.23. The number of hydrogen-bond acceptors (Lipinski definition) is 2. The molecule has 1 aromatic rings. The first-order valence-electron chi connectivity index (χ1n) is 5.22. The van der Waals surface area contributed by atoms with Crippen LogP contribution in [0, 0.1) is 5.92 Å². The SMILES string of the molecule is O[C@H]1CCC[C@H]1COc1ccccc1. The van der Waals surface area contributed by atoms with Gasteiger partial charge in [0.25, 0.3) is 0 Å². The third kappa shape index (κ3) is 2.26. The molecule has 0 unspecified atom stereocenters. The molecule has 14 heavy (non-hydrogen) atoms. The van der Waals surface area contributed by atoms with E-state index in [1.165, 1.54) is 0 Å². The number of rotatable bonds is 3. The van der Waals surface area contributed by atoms with Crippen molar-refractivity contribution < 1.29 is 9.84 Å². The second-order valence-electron chi connectivity index (χ2n) is 3.88. The summed E-state index contributed by atoms with van der Waals surface area (Å²) in [6.45, 7) is 0.644. The van der Waals surface area contributed by atoms with E-state index in [0.29, 0.717) is 12.5 Å². The smallest absolute Gasteiger partial charge is 0.119 e. The zero-order valence-corrected chi connectivity index (χ0v) is 8.23. The second kappa shape index (κ2) is 4.47. The van der Waals surface area contributed by atoms with Gasteiger partial charge >= 0.3 is 0 Å². The van der Waals surface area contributed by atoms with E-state index in [1.54, 1.807) is 0 Å². The van der Waals surface area contributed by atoms with E-state index in [4.69, 9.17) is 4.74 Å². The Labute approximate surface area is 84.5 Å². The largest absolute Gasteiger partial charge is 0.493 e. The molecule has 0 radical (unpaired) electrons. The van der Waals surface area contributed by atoms with Crippen LogP contribution in [0.15, 0.2) is 30.3 Å². The standard InChI is InChI=1S/C12H16O2/c13-12-8-4-5-10(12)9-14-11-6-2-1-3-7-11/h1-3,6-7,10,12-13H,4-5,8-9H2/t10-,12-/m0/s1. The fourth-order valence-corrected chi connectivity index (χ4v) is 1.93. The number of benzene rings is 1. The van der Waals surface area contributed by atoms with Crippen molar-refractivity contribution in [3.05, 3.63) is 30.3 Å². The highest BCUT2D eigenvalue weighted by atomic mass is 16.5. The number of aliphatic hydroxyl groups excluding tert-OH is 1. The second-order valence-corrected chi connectivity index (χ2v) is 3.88. The van der Waals surface area contributed by atoms with Crippen molar-refractivity contribution in [2.24, 2.45) is 5.92 Å². The molecule has 0 saturated heterocycles. The maximum absolute atomic E-state index is 9.59. The fourth-order valence-electron chi connectivity index (χ4n) is 1.93. The van der Waals surface area contributed by atoms with Gasteiger partial charge in [0.1, 0.15) is 5.75 Å². The van der Waals surface area contributed by atoms with Crippen LogP contribution in [-0.4, -0.2) is 17.8 Å². The molecule has 1 fully saturated rings. The number of ether oxygens (including phenoxy) is 1. The van der Waals surface area contributed by atoms with Crippen molar-refractivity contribution in [3.63, 3.8) is 0 Å². The molecule has 2 nitrogen and oxygen atoms in total. The van der Waals surface area contributed by atoms with Crippen molar-refractivity contribution in [2.45, 2.75) is 25.4 Å². The summed E-state index contributed by atoms with van der Waals surface area (Å²) >= 11 is 0. The van der Waals surface area contributed by atoms with E-state index in [9.17, 15) is 5.11 Å². The zero-order chi connectivity index (χ0) is 9.80. The van der Waals surface area contributed by atoms with Crippen LogP contribution in [-0.2, 0) is 0 Å². The van der Waals surface area contributed by atoms with Crippen LogP contribution in [0.1, 0.15) is 19.3 Å². The van der Waals surface area contributed by atoms with Gasteiger partial charge in [-0.05, 0) is 25.0 Å². The quantitative estimate of drug-likeness (QED) is 0.795. The van der Waals surface area contributed by atoms with Gasteiger partial charge in [-0.15, -0.1) is 0 Å². The van der Waals surface area contributed by atoms with Gasteiger partial charge in [-0.2, -0.15) is 0 Å². The summed E-state index contributed by atoms with van der Waals surface area (Å²) in [6.07, 6.45) is 3.00. The Hall–Kier alpha value is -1.02. The van der Waals surface area contributed by atoms with Crippen LogP contribution in [0.4, 0.5) is 0 Å². The van der Waals surface area contributed by atoms with Crippen molar-refractivity contribution >= 4 is 0 Å². The lowest BCUT2D eigenvalue weighted by Crippen LogP contribution is -2.20. The van der Waals surface area contributed by atoms with Gasteiger partial charge < -0.3 is 9.84 Å². The highest BCUT2D eigenvalue weighted by Gasteiger charge is 2.25. The molecule has 0 aliphatic heterocycles. The molecule has 1 aliphatic rings. The Bertz CT molecular complexity index is 271. The molecule has 1 aromatic carbocycles. The first kappa shape index (κ1) is 9.53. The van der Waals surface area contributed by atoms with E-state index in [-0.39, 0.29) is 6.10 Å². The van der Waals surface area contributed by atoms with Gasteiger partial charge in [0, 0.05) is 5.92 Å². The maximum Gasteiger partial charge on any atom is 0.119 e. The Morgan fingerprint density at radius 1 is 1.21 bits per heavy atom. The molecule has 0 aromatic heterocycles. The Balaban J connectivity index is 1.82. The molecule has 1 N–H and O–H groups in total. The van der Waals surface area contributed by atoms with Crippen LogP contribution < -0.4 is 4.74 Å². The molecule has 0 heterocycles. The minimum absolute atomic E-state index is 0.154. The number of aliphatic hydroxyl groups is 1. The topological polar surface area (TPSA) is 29.5 Å². The van der Waals surface area contributed by atoms with Crippen molar-refractivity contribution in [1.82, 2.24) is 0 Å². The molecule has 2 heteroatoms. The summed E-state index contributed by atoms with van der Waals surface area (Å²) < 4.78 is 5.60. The number of para-hydroxylation sites is 1. The molecular weight excluding hydrogens is 176 g/mol. The summed E-state index contributed by atoms with van der Waals surface area (Å²) in [7, 11) is 0. The molecule has 2 rings (SSSR count). The van der Waals surface area contributed by atoms with E-state index in [1.807, 2.05) is 30.3 Å². The minimum atomic E-state index is -0.154. The highest BCUT2D eigenvalue weighted by molar-refractivity contribution is 5.20. The van der Waals surface area contributed by atoms with E-state index in [2.05, 4.69) is 0 Å². The lowest BCUT2D eigenvalue weighted by molar-refractivity contribution is 0.0986. The Morgan fingerprint density at radius 3 is 2.64 bits per heavy atom. The normalized spacial score (nSPS) is 26.4. The summed E-state index contributed by atoms with van der Waals surface area (Å²) in [4.78, 5) is 0. The van der Waals surface area contributed by atoms with E-state index < -0.39 is 0 Å². The molecule has 76 valence electrons. The molecule has 0 spiro atoms. The lowest BCUT2D eigenvalue weighted by atomic mass is 10.1. The average Bonchev–Trinajstić information content (AvgIpc) is 2.63. The monoisotopic (exact) mass is 192 g/mol. The molecule has 0 amide bonds. The van der Waals surface area contributed by atoms with Gasteiger partial charge in [0.05, 0.1) is 12.7 Å². The van der Waals surface area contributed by atoms with Gasteiger partial charge in [-0.1, -0.05) is 24.6 Å². The summed E-state index contributed by atoms with van der Waals surface area (Å²) in [5, 5.41) is 9.59. The number of hydrogen-bond donors (Lipinski definition) is 1. The van der Waals surface area contributed by atoms with E-state index >= 15 is 0 Å². The predicted molar refractivity (Wildman–Crippen MR) is 55.3 cm³/mol. The minimum Gasteiger partial charge on any atom is -0.493 e. The first-order chi connectivity index (χ1) is 6.86. The summed E-state index contributed by atoms with van der Waals surface area (Å²) in [5.41, 5.74) is 0. The van der Waals surface area contributed by atoms with Crippen LogP contribution >= 0.6 is 0 Å². The third-order valence-electron chi connectivity index (χ3n) is 2.83. The molecular formula is C12H16O2. The fraction of sp³-hybridized carbons (Fsp3) is 0.500. The molecule has 2 atom stereocenters. The summed E-state index contributed by atoms with van der Waals surface area (Å²) in [6, 6.07) is 9.78. The maximum atomic E-state index is 9.59. The Morgan fingerprint density at radius 2 is 2.00 bits per heavy atom. The highest BCUT2D eigenvalue weighted by Crippen LogP contribution is 2.26.